The van der Waals surface area contributed by atoms with Crippen LogP contribution in [-0.2, 0) is 29.2 Å². The van der Waals surface area contributed by atoms with Gasteiger partial charge < -0.3 is 0 Å². The Bertz CT molecular complexity index is 368. The van der Waals surface area contributed by atoms with Gasteiger partial charge in [0.25, 0.3) is 0 Å². The number of hydrogen-bond acceptors (Lipinski definition) is 6. The van der Waals surface area contributed by atoms with Gasteiger partial charge in [0.2, 0.25) is 0 Å². The molecule has 0 aromatic carbocycles. The molecule has 0 spiro atoms. The van der Waals surface area contributed by atoms with E-state index < -0.39 is 33.0 Å². The molecule has 1 saturated carbocycles. The smallest absolute Gasteiger partial charge is 0.264 e. The van der Waals surface area contributed by atoms with Crippen molar-refractivity contribution in [3.63, 3.8) is 0 Å². The van der Waals surface area contributed by atoms with E-state index in [4.69, 9.17) is 9.11 Å². The highest BCUT2D eigenvalue weighted by atomic mass is 32.3. The first-order valence-corrected chi connectivity index (χ1v) is 6.70. The third kappa shape index (κ3) is 5.39. The Morgan fingerprint density at radius 3 is 1.47 bits per heavy atom. The first-order valence-electron chi connectivity index (χ1n) is 3.97. The minimum atomic E-state index is -4.54. The zero-order valence-electron chi connectivity index (χ0n) is 7.44. The lowest BCUT2D eigenvalue weighted by molar-refractivity contribution is 0.150. The molecule has 1 aliphatic rings. The van der Waals surface area contributed by atoms with E-state index in [9.17, 15) is 16.8 Å². The van der Waals surface area contributed by atoms with E-state index in [1.807, 2.05) is 0 Å². The summed E-state index contributed by atoms with van der Waals surface area (Å²) in [5, 5.41) is 0. The molecule has 2 unspecified atom stereocenters. The van der Waals surface area contributed by atoms with Gasteiger partial charge >= 0.3 is 20.8 Å². The summed E-state index contributed by atoms with van der Waals surface area (Å²) >= 11 is 0. The van der Waals surface area contributed by atoms with Crippen LogP contribution in [0.15, 0.2) is 0 Å². The summed E-state index contributed by atoms with van der Waals surface area (Å²) in [5.74, 6) is 0. The van der Waals surface area contributed by atoms with Crippen LogP contribution in [0.1, 0.15) is 19.3 Å². The van der Waals surface area contributed by atoms with Crippen LogP contribution < -0.4 is 0 Å². The molecule has 1 fully saturated rings. The van der Waals surface area contributed by atoms with Gasteiger partial charge in [0.15, 0.2) is 0 Å². The Balaban J connectivity index is 2.47. The lowest BCUT2D eigenvalue weighted by Crippen LogP contribution is -2.18. The van der Waals surface area contributed by atoms with Crippen molar-refractivity contribution in [3.05, 3.63) is 0 Å². The summed E-state index contributed by atoms with van der Waals surface area (Å²) in [6.45, 7) is 0. The lowest BCUT2D eigenvalue weighted by Gasteiger charge is -2.08. The number of rotatable bonds is 4. The summed E-state index contributed by atoms with van der Waals surface area (Å²) < 4.78 is 66.3. The van der Waals surface area contributed by atoms with Crippen LogP contribution in [0, 0.1) is 0 Å². The fraction of sp³-hybridized carbons (Fsp3) is 1.00. The lowest BCUT2D eigenvalue weighted by atomic mass is 10.3. The van der Waals surface area contributed by atoms with Gasteiger partial charge in [-0.25, -0.2) is 8.37 Å². The van der Waals surface area contributed by atoms with Crippen LogP contribution in [0.25, 0.3) is 0 Å². The Morgan fingerprint density at radius 2 is 1.20 bits per heavy atom. The maximum Gasteiger partial charge on any atom is 0.397 e. The summed E-state index contributed by atoms with van der Waals surface area (Å²) in [5.41, 5.74) is 0. The van der Waals surface area contributed by atoms with E-state index in [2.05, 4.69) is 8.37 Å². The summed E-state index contributed by atoms with van der Waals surface area (Å²) in [6.07, 6.45) is -1.24. The van der Waals surface area contributed by atoms with Crippen molar-refractivity contribution in [2.45, 2.75) is 31.5 Å². The quantitative estimate of drug-likeness (QED) is 0.652. The molecule has 0 bridgehead atoms. The predicted molar refractivity (Wildman–Crippen MR) is 46.7 cm³/mol. The third-order valence-corrected chi connectivity index (χ3v) is 2.88. The van der Waals surface area contributed by atoms with Crippen molar-refractivity contribution in [2.75, 3.05) is 0 Å². The summed E-state index contributed by atoms with van der Waals surface area (Å²) in [4.78, 5) is 0. The van der Waals surface area contributed by atoms with Gasteiger partial charge in [-0.15, -0.1) is 0 Å². The molecule has 15 heavy (non-hydrogen) atoms. The maximum absolute atomic E-state index is 10.3. The minimum Gasteiger partial charge on any atom is -0.264 e. The van der Waals surface area contributed by atoms with E-state index in [0.717, 1.165) is 0 Å². The SMILES string of the molecule is O=S(=O)(O)OC1CCC(OS(=O)(=O)O)C1. The molecule has 0 saturated heterocycles. The number of hydrogen-bond donors (Lipinski definition) is 2. The molecule has 0 radical (unpaired) electrons. The van der Waals surface area contributed by atoms with Crippen molar-refractivity contribution in [3.8, 4) is 0 Å². The van der Waals surface area contributed by atoms with Crippen LogP contribution in [0.5, 0.6) is 0 Å². The molecule has 10 heteroatoms. The van der Waals surface area contributed by atoms with Crippen LogP contribution >= 0.6 is 0 Å². The van der Waals surface area contributed by atoms with Crippen molar-refractivity contribution < 1.29 is 34.3 Å². The molecule has 0 heterocycles. The fourth-order valence-electron chi connectivity index (χ4n) is 1.42. The van der Waals surface area contributed by atoms with E-state index in [1.54, 1.807) is 0 Å². The fourth-order valence-corrected chi connectivity index (χ4v) is 2.46. The van der Waals surface area contributed by atoms with E-state index in [-0.39, 0.29) is 19.3 Å². The molecular formula is C5H10O8S2. The van der Waals surface area contributed by atoms with Crippen LogP contribution in [0.4, 0.5) is 0 Å². The minimum absolute atomic E-state index is 0.0282. The molecule has 2 N–H and O–H groups in total. The van der Waals surface area contributed by atoms with E-state index >= 15 is 0 Å². The molecule has 0 aromatic heterocycles. The van der Waals surface area contributed by atoms with Crippen LogP contribution in [0.3, 0.4) is 0 Å². The zero-order chi connectivity index (χ0) is 11.7. The maximum atomic E-state index is 10.3. The van der Waals surface area contributed by atoms with Gasteiger partial charge in [-0.3, -0.25) is 9.11 Å². The van der Waals surface area contributed by atoms with Gasteiger partial charge in [0.05, 0.1) is 12.2 Å². The Labute approximate surface area is 87.1 Å². The molecule has 1 aliphatic carbocycles. The highest BCUT2D eigenvalue weighted by molar-refractivity contribution is 7.81. The van der Waals surface area contributed by atoms with Crippen molar-refractivity contribution in [2.24, 2.45) is 0 Å². The molecule has 1 rings (SSSR count). The normalized spacial score (nSPS) is 28.1. The molecule has 8 nitrogen and oxygen atoms in total. The Morgan fingerprint density at radius 1 is 0.867 bits per heavy atom. The molecule has 90 valence electrons. The molecule has 0 amide bonds. The van der Waals surface area contributed by atoms with Crippen LogP contribution in [-0.4, -0.2) is 38.1 Å². The molecular weight excluding hydrogens is 252 g/mol. The molecule has 0 aromatic rings. The van der Waals surface area contributed by atoms with Gasteiger partial charge in [0, 0.05) is 6.42 Å². The molecule has 0 aliphatic heterocycles. The zero-order valence-corrected chi connectivity index (χ0v) is 9.07. The van der Waals surface area contributed by atoms with Crippen molar-refractivity contribution >= 4 is 20.8 Å². The topological polar surface area (TPSA) is 127 Å². The van der Waals surface area contributed by atoms with Crippen molar-refractivity contribution in [1.29, 1.82) is 0 Å². The van der Waals surface area contributed by atoms with Gasteiger partial charge in [-0.05, 0) is 12.8 Å². The van der Waals surface area contributed by atoms with E-state index in [0.29, 0.717) is 0 Å². The Hall–Kier alpha value is -0.260. The average molecular weight is 262 g/mol. The van der Waals surface area contributed by atoms with Crippen molar-refractivity contribution in [1.82, 2.24) is 0 Å². The summed E-state index contributed by atoms with van der Waals surface area (Å²) in [6, 6.07) is 0. The van der Waals surface area contributed by atoms with Gasteiger partial charge in [-0.1, -0.05) is 0 Å². The van der Waals surface area contributed by atoms with Gasteiger partial charge in [0.1, 0.15) is 0 Å². The highest BCUT2D eigenvalue weighted by Crippen LogP contribution is 2.26. The largest absolute Gasteiger partial charge is 0.397 e. The monoisotopic (exact) mass is 262 g/mol. The van der Waals surface area contributed by atoms with Crippen LogP contribution in [0.2, 0.25) is 0 Å². The third-order valence-electron chi connectivity index (χ3n) is 1.85. The standard InChI is InChI=1S/C5H10O8S2/c6-14(7,8)12-4-1-2-5(3-4)13-15(9,10)11/h4-5H,1-3H2,(H,6,7,8)(H,9,10,11). The Kier molecular flexibility index (Phi) is 3.68. The predicted octanol–water partition coefficient (Wildman–Crippen LogP) is -0.454. The average Bonchev–Trinajstić information content (AvgIpc) is 2.28. The molecule has 2 atom stereocenters. The van der Waals surface area contributed by atoms with E-state index in [1.165, 1.54) is 0 Å². The second kappa shape index (κ2) is 4.31. The second-order valence-corrected chi connectivity index (χ2v) is 5.20. The summed E-state index contributed by atoms with van der Waals surface area (Å²) in [7, 11) is -9.08. The second-order valence-electron chi connectivity index (χ2n) is 3.10. The first-order chi connectivity index (χ1) is 6.66. The first kappa shape index (κ1) is 12.8. The van der Waals surface area contributed by atoms with Gasteiger partial charge in [-0.2, -0.15) is 16.8 Å². The highest BCUT2D eigenvalue weighted by Gasteiger charge is 2.31.